The Morgan fingerprint density at radius 1 is 1.36 bits per heavy atom. The van der Waals surface area contributed by atoms with Crippen molar-refractivity contribution in [3.05, 3.63) is 35.5 Å². The van der Waals surface area contributed by atoms with Crippen molar-refractivity contribution in [2.24, 2.45) is 17.3 Å². The molecule has 0 heterocycles. The number of rotatable bonds is 2. The van der Waals surface area contributed by atoms with Gasteiger partial charge in [0.25, 0.3) is 0 Å². The molecule has 5 heteroatoms. The second-order valence-corrected chi connectivity index (χ2v) is 6.84. The summed E-state index contributed by atoms with van der Waals surface area (Å²) in [5.41, 5.74) is 0.252. The van der Waals surface area contributed by atoms with Crippen LogP contribution in [0.1, 0.15) is 40.0 Å². The summed E-state index contributed by atoms with van der Waals surface area (Å²) in [7, 11) is 1.24. The van der Waals surface area contributed by atoms with Gasteiger partial charge in [0.2, 0.25) is 0 Å². The number of Topliss-reactive ketones (excluding diaryl/α,β-unsaturated/α-hetero) is 1. The first kappa shape index (κ1) is 20.6. The van der Waals surface area contributed by atoms with Crippen LogP contribution in [0, 0.1) is 28.6 Å². The fourth-order valence-corrected chi connectivity index (χ4v) is 2.78. The Bertz CT molecular complexity index is 662. The maximum atomic E-state index is 12.9. The predicted octanol–water partition coefficient (Wildman–Crippen LogP) is 3.32. The summed E-state index contributed by atoms with van der Waals surface area (Å²) in [5, 5.41) is 9.29. The Hall–Kier alpha value is -2.48. The fourth-order valence-electron chi connectivity index (χ4n) is 2.78. The van der Waals surface area contributed by atoms with Gasteiger partial charge >= 0.3 is 5.97 Å². The molecular formula is C20H25NO4. The molecule has 0 fully saturated rings. The molecule has 25 heavy (non-hydrogen) atoms. The first-order valence-electron chi connectivity index (χ1n) is 8.26. The molecule has 1 aliphatic rings. The average Bonchev–Trinajstić information content (AvgIpc) is 2.60. The Morgan fingerprint density at radius 3 is 2.60 bits per heavy atom. The second-order valence-electron chi connectivity index (χ2n) is 6.84. The van der Waals surface area contributed by atoms with Crippen LogP contribution in [0.15, 0.2) is 35.5 Å². The highest BCUT2D eigenvalue weighted by Crippen LogP contribution is 2.30. The number of aldehydes is 1. The third kappa shape index (κ3) is 5.53. The first-order valence-corrected chi connectivity index (χ1v) is 8.26. The van der Waals surface area contributed by atoms with Crippen molar-refractivity contribution in [1.82, 2.24) is 0 Å². The van der Waals surface area contributed by atoms with Gasteiger partial charge in [-0.3, -0.25) is 14.4 Å². The molecule has 0 bridgehead atoms. The molecule has 0 N–H and O–H groups in total. The van der Waals surface area contributed by atoms with Crippen LogP contribution >= 0.6 is 0 Å². The third-order valence-electron chi connectivity index (χ3n) is 4.47. The summed E-state index contributed by atoms with van der Waals surface area (Å²) < 4.78 is 4.80. The quantitative estimate of drug-likeness (QED) is 0.436. The summed E-state index contributed by atoms with van der Waals surface area (Å²) in [6.45, 7) is 5.21. The smallest absolute Gasteiger partial charge is 0.316 e. The zero-order valence-electron chi connectivity index (χ0n) is 15.2. The molecule has 1 rings (SSSR count). The predicted molar refractivity (Wildman–Crippen MR) is 94.3 cm³/mol. The van der Waals surface area contributed by atoms with Gasteiger partial charge in [-0.05, 0) is 45.6 Å². The topological polar surface area (TPSA) is 84.2 Å². The minimum absolute atomic E-state index is 0.114. The van der Waals surface area contributed by atoms with Gasteiger partial charge < -0.3 is 4.74 Å². The normalized spacial score (nSPS) is 30.0. The van der Waals surface area contributed by atoms with Crippen molar-refractivity contribution in [3.63, 3.8) is 0 Å². The van der Waals surface area contributed by atoms with Crippen LogP contribution in [0.2, 0.25) is 0 Å². The summed E-state index contributed by atoms with van der Waals surface area (Å²) in [6.07, 6.45) is 8.75. The van der Waals surface area contributed by atoms with Crippen molar-refractivity contribution < 1.29 is 19.1 Å². The zero-order chi connectivity index (χ0) is 19.0. The van der Waals surface area contributed by atoms with Crippen molar-refractivity contribution >= 4 is 18.0 Å². The lowest BCUT2D eigenvalue weighted by atomic mass is 9.78. The maximum Gasteiger partial charge on any atom is 0.316 e. The molecule has 0 saturated carbocycles. The number of hydrogen-bond donors (Lipinski definition) is 0. The summed E-state index contributed by atoms with van der Waals surface area (Å²) in [5.74, 6) is -2.19. The van der Waals surface area contributed by atoms with Crippen LogP contribution in [0.4, 0.5) is 0 Å². The van der Waals surface area contributed by atoms with Crippen LogP contribution in [0.25, 0.3) is 0 Å². The molecule has 0 spiro atoms. The van der Waals surface area contributed by atoms with Crippen molar-refractivity contribution in [1.29, 1.82) is 5.26 Å². The van der Waals surface area contributed by atoms with Crippen LogP contribution in [-0.2, 0) is 19.1 Å². The molecule has 2 atom stereocenters. The first-order chi connectivity index (χ1) is 11.8. The van der Waals surface area contributed by atoms with E-state index < -0.39 is 17.3 Å². The van der Waals surface area contributed by atoms with E-state index in [9.17, 15) is 19.6 Å². The van der Waals surface area contributed by atoms with Gasteiger partial charge in [0.1, 0.15) is 12.2 Å². The van der Waals surface area contributed by atoms with Gasteiger partial charge in [-0.25, -0.2) is 0 Å². The average molecular weight is 343 g/mol. The van der Waals surface area contributed by atoms with E-state index in [1.807, 2.05) is 6.08 Å². The molecule has 5 nitrogen and oxygen atoms in total. The van der Waals surface area contributed by atoms with E-state index in [0.717, 1.165) is 0 Å². The molecule has 0 radical (unpaired) electrons. The molecule has 0 amide bonds. The van der Waals surface area contributed by atoms with Crippen LogP contribution in [0.3, 0.4) is 0 Å². The molecule has 1 aliphatic carbocycles. The van der Waals surface area contributed by atoms with E-state index >= 15 is 0 Å². The molecule has 0 aliphatic heterocycles. The van der Waals surface area contributed by atoms with E-state index in [4.69, 9.17) is 4.74 Å². The number of ketones is 1. The fraction of sp³-hybridized carbons (Fsp3) is 0.500. The lowest BCUT2D eigenvalue weighted by Crippen LogP contribution is -2.35. The number of methoxy groups -OCH3 is 1. The van der Waals surface area contributed by atoms with E-state index in [-0.39, 0.29) is 18.1 Å². The Kier molecular flexibility index (Phi) is 7.50. The van der Waals surface area contributed by atoms with E-state index in [2.05, 4.69) is 6.07 Å². The minimum Gasteiger partial charge on any atom is -0.468 e. The number of carbonyl (C=O) groups excluding carboxylic acids is 3. The Balaban J connectivity index is 3.40. The van der Waals surface area contributed by atoms with Crippen LogP contribution in [-0.4, -0.2) is 25.1 Å². The molecule has 134 valence electrons. The number of carbonyl (C=O) groups is 3. The number of esters is 1. The number of allylic oxidation sites excluding steroid dienone is 6. The monoisotopic (exact) mass is 343 g/mol. The molecule has 0 aromatic carbocycles. The van der Waals surface area contributed by atoms with Gasteiger partial charge in [0, 0.05) is 5.41 Å². The summed E-state index contributed by atoms with van der Waals surface area (Å²) >= 11 is 0. The lowest BCUT2D eigenvalue weighted by molar-refractivity contribution is -0.151. The van der Waals surface area contributed by atoms with Gasteiger partial charge in [0.05, 0.1) is 19.1 Å². The van der Waals surface area contributed by atoms with E-state index in [0.29, 0.717) is 30.3 Å². The highest BCUT2D eigenvalue weighted by atomic mass is 16.5. The van der Waals surface area contributed by atoms with Crippen molar-refractivity contribution in [3.8, 4) is 6.07 Å². The third-order valence-corrected chi connectivity index (χ3v) is 4.47. The molecule has 0 aromatic heterocycles. The largest absolute Gasteiger partial charge is 0.468 e. The lowest BCUT2D eigenvalue weighted by Gasteiger charge is -2.24. The number of ether oxygens (including phenoxy) is 1. The number of hydrogen-bond acceptors (Lipinski definition) is 5. The van der Waals surface area contributed by atoms with E-state index in [1.54, 1.807) is 39.0 Å². The highest BCUT2D eigenvalue weighted by molar-refractivity contribution is 6.02. The van der Waals surface area contributed by atoms with Gasteiger partial charge in [-0.2, -0.15) is 5.26 Å². The SMILES string of the molecule is COC(=O)C1C/C(C)=C(/C=O)C[C@H](C#N)C/C=C\C=C\C(C)(C)C1=O. The minimum atomic E-state index is -0.982. The van der Waals surface area contributed by atoms with Crippen LogP contribution in [0.5, 0.6) is 0 Å². The second kappa shape index (κ2) is 9.12. The Morgan fingerprint density at radius 2 is 2.04 bits per heavy atom. The zero-order valence-corrected chi connectivity index (χ0v) is 15.2. The van der Waals surface area contributed by atoms with Gasteiger partial charge in [0.15, 0.2) is 5.78 Å². The molecular weight excluding hydrogens is 318 g/mol. The van der Waals surface area contributed by atoms with Crippen molar-refractivity contribution in [2.45, 2.75) is 40.0 Å². The molecule has 0 aromatic rings. The van der Waals surface area contributed by atoms with Crippen LogP contribution < -0.4 is 0 Å². The summed E-state index contributed by atoms with van der Waals surface area (Å²) in [4.78, 5) is 36.5. The Labute approximate surface area is 149 Å². The molecule has 0 saturated heterocycles. The molecule has 1 unspecified atom stereocenters. The van der Waals surface area contributed by atoms with Crippen molar-refractivity contribution in [2.75, 3.05) is 7.11 Å². The van der Waals surface area contributed by atoms with Gasteiger partial charge in [-0.1, -0.05) is 29.9 Å². The highest BCUT2D eigenvalue weighted by Gasteiger charge is 2.37. The standard InChI is InChI=1S/C20H25NO4/c1-14-10-17(19(24)25-4)18(23)20(2,3)9-7-5-6-8-15(12-21)11-16(14)13-22/h5-7,9,13,15,17H,8,10-11H2,1-4H3/b6-5-,9-7+,16-14+/t15-,17?/m1/s1. The number of nitrogens with zero attached hydrogens (tertiary/aromatic N) is 1. The van der Waals surface area contributed by atoms with E-state index in [1.165, 1.54) is 7.11 Å². The summed E-state index contributed by atoms with van der Waals surface area (Å²) in [6, 6.07) is 2.20. The maximum absolute atomic E-state index is 12.9. The number of nitriles is 1. The van der Waals surface area contributed by atoms with Gasteiger partial charge in [-0.15, -0.1) is 0 Å².